The molecule has 0 spiro atoms. The van der Waals surface area contributed by atoms with Gasteiger partial charge in [-0.15, -0.1) is 0 Å². The molecular formula is C13H15F3N2O2S. The van der Waals surface area contributed by atoms with Crippen molar-refractivity contribution in [2.45, 2.75) is 31.8 Å². The molecule has 1 aromatic rings. The van der Waals surface area contributed by atoms with Crippen molar-refractivity contribution in [2.24, 2.45) is 0 Å². The summed E-state index contributed by atoms with van der Waals surface area (Å²) >= 11 is 0. The largest absolute Gasteiger partial charge is 0.402 e. The number of rotatable bonds is 5. The van der Waals surface area contributed by atoms with E-state index in [0.29, 0.717) is 4.31 Å². The lowest BCUT2D eigenvalue weighted by molar-refractivity contribution is -0.138. The topological polar surface area (TPSA) is 61.2 Å². The van der Waals surface area contributed by atoms with E-state index in [9.17, 15) is 21.6 Å². The minimum atomic E-state index is -4.62. The Morgan fingerprint density at radius 3 is 2.33 bits per heavy atom. The fourth-order valence-electron chi connectivity index (χ4n) is 1.81. The quantitative estimate of drug-likeness (QED) is 0.838. The van der Waals surface area contributed by atoms with Gasteiger partial charge in [-0.2, -0.15) is 22.7 Å². The average Bonchev–Trinajstić information content (AvgIpc) is 2.34. The molecule has 0 N–H and O–H groups in total. The third-order valence-electron chi connectivity index (χ3n) is 2.74. The zero-order valence-corrected chi connectivity index (χ0v) is 12.4. The lowest BCUT2D eigenvalue weighted by Crippen LogP contribution is -2.43. The van der Waals surface area contributed by atoms with Crippen LogP contribution in [0.2, 0.25) is 0 Å². The van der Waals surface area contributed by atoms with Gasteiger partial charge in [-0.3, -0.25) is 0 Å². The van der Waals surface area contributed by atoms with E-state index in [4.69, 9.17) is 5.26 Å². The van der Waals surface area contributed by atoms with Gasteiger partial charge in [0.1, 0.15) is 6.54 Å². The van der Waals surface area contributed by atoms with Gasteiger partial charge >= 0.3 is 6.18 Å². The van der Waals surface area contributed by atoms with Gasteiger partial charge in [-0.1, -0.05) is 18.2 Å². The molecule has 0 unspecified atom stereocenters. The molecule has 0 saturated carbocycles. The normalized spacial score (nSPS) is 12.7. The number of nitrogens with zero attached hydrogens (tertiary/aromatic N) is 2. The monoisotopic (exact) mass is 320 g/mol. The number of alkyl halides is 3. The van der Waals surface area contributed by atoms with E-state index in [-0.39, 0.29) is 11.1 Å². The van der Waals surface area contributed by atoms with E-state index in [2.05, 4.69) is 0 Å². The first kappa shape index (κ1) is 17.5. The maximum atomic E-state index is 12.5. The molecule has 4 nitrogen and oxygen atoms in total. The van der Waals surface area contributed by atoms with Crippen LogP contribution in [0.25, 0.3) is 0 Å². The molecule has 0 saturated heterocycles. The Morgan fingerprint density at radius 2 is 1.86 bits per heavy atom. The lowest BCUT2D eigenvalue weighted by atomic mass is 10.1. The Bertz CT molecular complexity index is 634. The van der Waals surface area contributed by atoms with Crippen molar-refractivity contribution in [1.82, 2.24) is 4.31 Å². The molecule has 0 heterocycles. The molecule has 0 amide bonds. The van der Waals surface area contributed by atoms with Crippen LogP contribution in [0.5, 0.6) is 0 Å². The maximum Gasteiger partial charge on any atom is 0.402 e. The van der Waals surface area contributed by atoms with Crippen LogP contribution in [0.15, 0.2) is 24.3 Å². The van der Waals surface area contributed by atoms with Crippen LogP contribution in [0, 0.1) is 11.3 Å². The van der Waals surface area contributed by atoms with Crippen molar-refractivity contribution in [3.63, 3.8) is 0 Å². The predicted octanol–water partition coefficient (Wildman–Crippen LogP) is 2.66. The Balaban J connectivity index is 3.11. The smallest absolute Gasteiger partial charge is 0.212 e. The summed E-state index contributed by atoms with van der Waals surface area (Å²) < 4.78 is 62.4. The number of benzene rings is 1. The highest BCUT2D eigenvalue weighted by Gasteiger charge is 2.37. The molecule has 116 valence electrons. The second kappa shape index (κ2) is 6.45. The van der Waals surface area contributed by atoms with Crippen molar-refractivity contribution in [2.75, 3.05) is 6.54 Å². The van der Waals surface area contributed by atoms with Crippen LogP contribution < -0.4 is 0 Å². The second-order valence-electron chi connectivity index (χ2n) is 4.78. The fraction of sp³-hybridized carbons (Fsp3) is 0.462. The van der Waals surface area contributed by atoms with Gasteiger partial charge < -0.3 is 0 Å². The molecule has 0 aliphatic carbocycles. The molecule has 1 rings (SSSR count). The first-order chi connectivity index (χ1) is 9.57. The van der Waals surface area contributed by atoms with E-state index < -0.39 is 34.5 Å². The zero-order valence-electron chi connectivity index (χ0n) is 11.6. The summed E-state index contributed by atoms with van der Waals surface area (Å²) in [7, 11) is -4.18. The predicted molar refractivity (Wildman–Crippen MR) is 71.7 cm³/mol. The van der Waals surface area contributed by atoms with Gasteiger partial charge in [0.25, 0.3) is 0 Å². The summed E-state index contributed by atoms with van der Waals surface area (Å²) in [6, 6.07) is 6.94. The Kier molecular flexibility index (Phi) is 5.36. The van der Waals surface area contributed by atoms with Crippen LogP contribution >= 0.6 is 0 Å². The average molecular weight is 320 g/mol. The van der Waals surface area contributed by atoms with Gasteiger partial charge in [0.05, 0.1) is 17.4 Å². The third kappa shape index (κ3) is 5.02. The van der Waals surface area contributed by atoms with Crippen molar-refractivity contribution in [3.05, 3.63) is 35.4 Å². The van der Waals surface area contributed by atoms with Crippen LogP contribution in [0.4, 0.5) is 13.2 Å². The maximum absolute atomic E-state index is 12.5. The second-order valence-corrected chi connectivity index (χ2v) is 6.70. The molecule has 0 atom stereocenters. The lowest BCUT2D eigenvalue weighted by Gasteiger charge is -2.27. The van der Waals surface area contributed by atoms with E-state index in [1.807, 2.05) is 6.07 Å². The number of nitriles is 1. The third-order valence-corrected chi connectivity index (χ3v) is 4.69. The molecule has 1 aromatic carbocycles. The SMILES string of the molecule is CC(C)N(CC(F)(F)F)S(=O)(=O)Cc1ccccc1C#N. The minimum Gasteiger partial charge on any atom is -0.212 e. The van der Waals surface area contributed by atoms with Crippen molar-refractivity contribution < 1.29 is 21.6 Å². The molecule has 0 aliphatic rings. The molecule has 0 fully saturated rings. The van der Waals surface area contributed by atoms with Gasteiger partial charge in [0.2, 0.25) is 10.0 Å². The van der Waals surface area contributed by atoms with Gasteiger partial charge in [0, 0.05) is 6.04 Å². The Labute approximate surface area is 121 Å². The molecule has 0 bridgehead atoms. The molecule has 0 aromatic heterocycles. The highest BCUT2D eigenvalue weighted by Crippen LogP contribution is 2.23. The highest BCUT2D eigenvalue weighted by atomic mass is 32.2. The standard InChI is InChI=1S/C13H15F3N2O2S/c1-10(2)18(9-13(14,15)16)21(19,20)8-12-6-4-3-5-11(12)7-17/h3-6,10H,8-9H2,1-2H3. The van der Waals surface area contributed by atoms with Crippen LogP contribution in [-0.4, -0.2) is 31.5 Å². The molecule has 8 heteroatoms. The zero-order chi connectivity index (χ0) is 16.3. The van der Waals surface area contributed by atoms with Crippen molar-refractivity contribution in [1.29, 1.82) is 5.26 Å². The molecule has 0 aliphatic heterocycles. The van der Waals surface area contributed by atoms with E-state index in [1.165, 1.54) is 32.0 Å². The Hall–Kier alpha value is -1.59. The van der Waals surface area contributed by atoms with Crippen LogP contribution in [0.3, 0.4) is 0 Å². The van der Waals surface area contributed by atoms with Crippen LogP contribution in [0.1, 0.15) is 25.0 Å². The van der Waals surface area contributed by atoms with Gasteiger partial charge in [-0.25, -0.2) is 8.42 Å². The van der Waals surface area contributed by atoms with E-state index >= 15 is 0 Å². The first-order valence-electron chi connectivity index (χ1n) is 6.11. The summed E-state index contributed by atoms with van der Waals surface area (Å²) in [6.45, 7) is 1.21. The van der Waals surface area contributed by atoms with Crippen molar-refractivity contribution >= 4 is 10.0 Å². The highest BCUT2D eigenvalue weighted by molar-refractivity contribution is 7.88. The summed E-state index contributed by atoms with van der Waals surface area (Å²) in [5, 5.41) is 8.91. The fourth-order valence-corrected chi connectivity index (χ4v) is 3.61. The van der Waals surface area contributed by atoms with Crippen molar-refractivity contribution in [3.8, 4) is 6.07 Å². The molecule has 0 radical (unpaired) electrons. The number of halogens is 3. The van der Waals surface area contributed by atoms with Crippen LogP contribution in [-0.2, 0) is 15.8 Å². The summed E-state index contributed by atoms with van der Waals surface area (Å²) in [4.78, 5) is 0. The number of hydrogen-bond acceptors (Lipinski definition) is 3. The summed E-state index contributed by atoms with van der Waals surface area (Å²) in [6.07, 6.45) is -4.62. The summed E-state index contributed by atoms with van der Waals surface area (Å²) in [5.41, 5.74) is 0.324. The van der Waals surface area contributed by atoms with Gasteiger partial charge in [0.15, 0.2) is 0 Å². The molecular weight excluding hydrogens is 305 g/mol. The number of sulfonamides is 1. The first-order valence-corrected chi connectivity index (χ1v) is 7.72. The van der Waals surface area contributed by atoms with Gasteiger partial charge in [-0.05, 0) is 25.5 Å². The molecule has 21 heavy (non-hydrogen) atoms. The summed E-state index contributed by atoms with van der Waals surface area (Å²) in [5.74, 6) is -0.634. The van der Waals surface area contributed by atoms with E-state index in [0.717, 1.165) is 0 Å². The number of hydrogen-bond donors (Lipinski definition) is 0. The minimum absolute atomic E-state index is 0.136. The van der Waals surface area contributed by atoms with E-state index in [1.54, 1.807) is 6.07 Å². The Morgan fingerprint density at radius 1 is 1.29 bits per heavy atom.